The van der Waals surface area contributed by atoms with Crippen LogP contribution in [-0.2, 0) is 20.8 Å². The summed E-state index contributed by atoms with van der Waals surface area (Å²) in [5, 5.41) is 16.6. The number of amides is 3. The minimum Gasteiger partial charge on any atom is -0.483 e. The zero-order valence-corrected chi connectivity index (χ0v) is 21.4. The van der Waals surface area contributed by atoms with Crippen LogP contribution in [0.3, 0.4) is 0 Å². The Morgan fingerprint density at radius 1 is 1.16 bits per heavy atom. The van der Waals surface area contributed by atoms with E-state index in [-0.39, 0.29) is 31.5 Å². The first-order valence-electron chi connectivity index (χ1n) is 12.9. The number of nitrogens with zero attached hydrogens (tertiary/aromatic N) is 1. The highest BCUT2D eigenvalue weighted by Gasteiger charge is 2.43. The number of aryl methyl sites for hydroxylation is 2. The number of aliphatic hydroxyl groups is 1. The van der Waals surface area contributed by atoms with Gasteiger partial charge in [0.25, 0.3) is 5.91 Å². The molecule has 37 heavy (non-hydrogen) atoms. The Balaban J connectivity index is 1.21. The number of carbonyl (C=O) groups is 3. The van der Waals surface area contributed by atoms with Gasteiger partial charge >= 0.3 is 5.63 Å². The molecule has 0 bridgehead atoms. The lowest BCUT2D eigenvalue weighted by Crippen LogP contribution is -2.56. The number of likely N-dealkylation sites (tertiary alicyclic amines) is 1. The molecule has 2 aliphatic rings. The number of piperidine rings is 1. The first-order valence-corrected chi connectivity index (χ1v) is 12.9. The highest BCUT2D eigenvalue weighted by atomic mass is 16.5. The van der Waals surface area contributed by atoms with E-state index in [0.717, 1.165) is 36.6 Å². The predicted octanol–water partition coefficient (Wildman–Crippen LogP) is 1.43. The number of hydrogen-bond acceptors (Lipinski definition) is 7. The first kappa shape index (κ1) is 26.7. The zero-order chi connectivity index (χ0) is 26.6. The second kappa shape index (κ2) is 11.3. The Bertz CT molecular complexity index is 1240. The van der Waals surface area contributed by atoms with Gasteiger partial charge in [-0.25, -0.2) is 4.79 Å². The number of hydrogen-bond donors (Lipinski definition) is 3. The maximum Gasteiger partial charge on any atom is 0.336 e. The van der Waals surface area contributed by atoms with E-state index in [1.807, 2.05) is 6.92 Å². The van der Waals surface area contributed by atoms with Crippen molar-refractivity contribution in [3.05, 3.63) is 39.7 Å². The van der Waals surface area contributed by atoms with Crippen molar-refractivity contribution in [2.75, 3.05) is 32.8 Å². The quantitative estimate of drug-likeness (QED) is 0.454. The lowest BCUT2D eigenvalue weighted by Gasteiger charge is -2.47. The molecule has 2 atom stereocenters. The van der Waals surface area contributed by atoms with Crippen LogP contribution < -0.4 is 21.0 Å². The molecule has 1 aliphatic carbocycles. The van der Waals surface area contributed by atoms with Gasteiger partial charge in [0.05, 0.1) is 18.7 Å². The van der Waals surface area contributed by atoms with Crippen LogP contribution in [0, 0.1) is 12.8 Å². The van der Waals surface area contributed by atoms with Gasteiger partial charge in [-0.2, -0.15) is 0 Å². The van der Waals surface area contributed by atoms with Gasteiger partial charge in [-0.1, -0.05) is 19.8 Å². The van der Waals surface area contributed by atoms with E-state index >= 15 is 0 Å². The van der Waals surface area contributed by atoms with Crippen molar-refractivity contribution in [3.63, 3.8) is 0 Å². The van der Waals surface area contributed by atoms with E-state index in [1.165, 1.54) is 6.07 Å². The molecule has 1 aromatic carbocycles. The number of rotatable bonds is 8. The average Bonchev–Trinajstić information content (AvgIpc) is 2.89. The van der Waals surface area contributed by atoms with E-state index in [1.54, 1.807) is 24.0 Å². The highest BCUT2D eigenvalue weighted by Crippen LogP contribution is 2.39. The van der Waals surface area contributed by atoms with Crippen molar-refractivity contribution < 1.29 is 28.6 Å². The van der Waals surface area contributed by atoms with Crippen LogP contribution in [-0.4, -0.2) is 66.1 Å². The Labute approximate surface area is 215 Å². The molecule has 200 valence electrons. The normalized spacial score (nSPS) is 21.3. The first-order chi connectivity index (χ1) is 17.7. The summed E-state index contributed by atoms with van der Waals surface area (Å²) in [6.45, 7) is 3.92. The summed E-state index contributed by atoms with van der Waals surface area (Å²) in [7, 11) is 0. The van der Waals surface area contributed by atoms with Gasteiger partial charge in [-0.3, -0.25) is 14.4 Å². The second-order valence-corrected chi connectivity index (χ2v) is 9.99. The van der Waals surface area contributed by atoms with E-state index in [0.29, 0.717) is 42.8 Å². The largest absolute Gasteiger partial charge is 0.483 e. The minimum atomic E-state index is -0.664. The third kappa shape index (κ3) is 6.12. The number of ether oxygens (including phenoxy) is 1. The molecule has 10 nitrogen and oxygen atoms in total. The maximum absolute atomic E-state index is 12.6. The molecule has 1 saturated carbocycles. The van der Waals surface area contributed by atoms with Crippen LogP contribution in [0.15, 0.2) is 27.4 Å². The van der Waals surface area contributed by atoms with Gasteiger partial charge in [0.1, 0.15) is 11.3 Å². The molecule has 3 N–H and O–H groups in total. The summed E-state index contributed by atoms with van der Waals surface area (Å²) in [5.74, 6) is -0.688. The smallest absolute Gasteiger partial charge is 0.336 e. The van der Waals surface area contributed by atoms with Gasteiger partial charge < -0.3 is 29.8 Å². The molecule has 3 amide bonds. The van der Waals surface area contributed by atoms with Crippen LogP contribution >= 0.6 is 0 Å². The Morgan fingerprint density at radius 2 is 1.95 bits per heavy atom. The van der Waals surface area contributed by atoms with Gasteiger partial charge in [0.15, 0.2) is 6.61 Å². The van der Waals surface area contributed by atoms with Crippen molar-refractivity contribution in [2.45, 2.75) is 58.0 Å². The summed E-state index contributed by atoms with van der Waals surface area (Å²) in [6.07, 6.45) is 5.03. The lowest BCUT2D eigenvalue weighted by atomic mass is 9.71. The molecule has 2 fully saturated rings. The van der Waals surface area contributed by atoms with Crippen molar-refractivity contribution in [1.82, 2.24) is 15.5 Å². The Kier molecular flexibility index (Phi) is 8.16. The third-order valence-electron chi connectivity index (χ3n) is 7.60. The number of fused-ring (bicyclic) bond motifs is 2. The van der Waals surface area contributed by atoms with Crippen molar-refractivity contribution in [1.29, 1.82) is 0 Å². The lowest BCUT2D eigenvalue weighted by molar-refractivity contribution is -0.143. The van der Waals surface area contributed by atoms with Crippen molar-refractivity contribution >= 4 is 28.7 Å². The summed E-state index contributed by atoms with van der Waals surface area (Å²) in [4.78, 5) is 50.5. The summed E-state index contributed by atoms with van der Waals surface area (Å²) >= 11 is 0. The molecular formula is C27H35N3O7. The van der Waals surface area contributed by atoms with Crippen LogP contribution in [0.1, 0.15) is 50.2 Å². The molecule has 10 heteroatoms. The second-order valence-electron chi connectivity index (χ2n) is 9.99. The standard InChI is InChI=1S/C27H35N3O7/c1-3-18-12-25(34)37-26-17(2)21(8-7-20(18)26)36-16-23(32)28-13-22(31)29-14-24(33)30-11-10-27(35)9-5-4-6-19(27)15-30/h7-8,12,19,35H,3-6,9-11,13-16H2,1-2H3,(H,28,32)(H,29,31)/t19-,27+/m1/s1. The third-order valence-corrected chi connectivity index (χ3v) is 7.60. The Morgan fingerprint density at radius 3 is 2.73 bits per heavy atom. The van der Waals surface area contributed by atoms with Crippen molar-refractivity contribution in [2.24, 2.45) is 5.92 Å². The maximum atomic E-state index is 12.6. The highest BCUT2D eigenvalue weighted by molar-refractivity contribution is 5.89. The van der Waals surface area contributed by atoms with Crippen LogP contribution in [0.2, 0.25) is 0 Å². The number of benzene rings is 1. The van der Waals surface area contributed by atoms with E-state index in [2.05, 4.69) is 10.6 Å². The fourth-order valence-electron chi connectivity index (χ4n) is 5.38. The predicted molar refractivity (Wildman–Crippen MR) is 136 cm³/mol. The molecule has 1 aromatic heterocycles. The molecule has 2 heterocycles. The summed E-state index contributed by atoms with van der Waals surface area (Å²) in [5.41, 5.74) is 0.801. The SMILES string of the molecule is CCc1cc(=O)oc2c(C)c(OCC(=O)NCC(=O)NCC(=O)N3CC[C@@]4(O)CCCC[C@@H]4C3)ccc12. The minimum absolute atomic E-state index is 0.0879. The Hall–Kier alpha value is -3.40. The monoisotopic (exact) mass is 513 g/mol. The summed E-state index contributed by atoms with van der Waals surface area (Å²) in [6, 6.07) is 4.98. The fraction of sp³-hybridized carbons (Fsp3) is 0.556. The van der Waals surface area contributed by atoms with E-state index in [9.17, 15) is 24.3 Å². The molecule has 1 saturated heterocycles. The van der Waals surface area contributed by atoms with Gasteiger partial charge in [-0.15, -0.1) is 0 Å². The summed E-state index contributed by atoms with van der Waals surface area (Å²) < 4.78 is 10.9. The number of nitrogens with one attached hydrogen (secondary N) is 2. The number of carbonyl (C=O) groups excluding carboxylic acids is 3. The molecule has 2 aromatic rings. The fourth-order valence-corrected chi connectivity index (χ4v) is 5.38. The van der Waals surface area contributed by atoms with Crippen molar-refractivity contribution in [3.8, 4) is 5.75 Å². The molecule has 1 aliphatic heterocycles. The molecule has 0 spiro atoms. The van der Waals surface area contributed by atoms with Gasteiger partial charge in [-0.05, 0) is 50.3 Å². The van der Waals surface area contributed by atoms with Crippen LogP contribution in [0.4, 0.5) is 0 Å². The van der Waals surface area contributed by atoms with Crippen LogP contribution in [0.5, 0.6) is 5.75 Å². The van der Waals surface area contributed by atoms with Crippen LogP contribution in [0.25, 0.3) is 11.0 Å². The van der Waals surface area contributed by atoms with E-state index in [4.69, 9.17) is 9.15 Å². The zero-order valence-electron chi connectivity index (χ0n) is 21.4. The van der Waals surface area contributed by atoms with E-state index < -0.39 is 23.0 Å². The molecule has 0 radical (unpaired) electrons. The molecule has 4 rings (SSSR count). The average molecular weight is 514 g/mol. The van der Waals surface area contributed by atoms with Gasteiger partial charge in [0, 0.05) is 36.0 Å². The molecular weight excluding hydrogens is 478 g/mol. The molecule has 0 unspecified atom stereocenters. The topological polar surface area (TPSA) is 138 Å². The van der Waals surface area contributed by atoms with Gasteiger partial charge in [0.2, 0.25) is 11.8 Å².